The van der Waals surface area contributed by atoms with Gasteiger partial charge in [0.25, 0.3) is 0 Å². The van der Waals surface area contributed by atoms with E-state index in [4.69, 9.17) is 10.5 Å². The van der Waals surface area contributed by atoms with E-state index in [1.807, 2.05) is 6.07 Å². The maximum absolute atomic E-state index is 9.07. The van der Waals surface area contributed by atoms with Crippen molar-refractivity contribution in [3.8, 4) is 12.1 Å². The van der Waals surface area contributed by atoms with Crippen LogP contribution in [0.1, 0.15) is 17.5 Å². The smallest absolute Gasteiger partial charge is 0.143 e. The molecule has 0 aliphatic carbocycles. The van der Waals surface area contributed by atoms with Gasteiger partial charge in [-0.25, -0.2) is 9.97 Å². The van der Waals surface area contributed by atoms with Crippen LogP contribution in [0.25, 0.3) is 0 Å². The van der Waals surface area contributed by atoms with E-state index in [0.717, 1.165) is 31.9 Å². The van der Waals surface area contributed by atoms with Gasteiger partial charge in [0.2, 0.25) is 0 Å². The van der Waals surface area contributed by atoms with E-state index >= 15 is 0 Å². The highest BCUT2D eigenvalue weighted by atomic mass is 15.2. The van der Waals surface area contributed by atoms with Crippen molar-refractivity contribution in [1.82, 2.24) is 9.97 Å². The first-order valence-corrected chi connectivity index (χ1v) is 7.50. The summed E-state index contributed by atoms with van der Waals surface area (Å²) < 4.78 is 0. The van der Waals surface area contributed by atoms with Crippen molar-refractivity contribution in [3.63, 3.8) is 0 Å². The molecule has 0 unspecified atom stereocenters. The molecule has 0 radical (unpaired) electrons. The monoisotopic (exact) mass is 304 g/mol. The van der Waals surface area contributed by atoms with Gasteiger partial charge in [0, 0.05) is 32.0 Å². The van der Waals surface area contributed by atoms with Gasteiger partial charge >= 0.3 is 0 Å². The van der Waals surface area contributed by atoms with E-state index in [0.29, 0.717) is 22.9 Å². The third kappa shape index (κ3) is 3.38. The first-order chi connectivity index (χ1) is 11.3. The van der Waals surface area contributed by atoms with Crippen LogP contribution in [-0.4, -0.2) is 29.6 Å². The third-order valence-corrected chi connectivity index (χ3v) is 3.97. The normalized spacial score (nSPS) is 16.6. The molecule has 0 saturated carbocycles. The van der Waals surface area contributed by atoms with Crippen LogP contribution in [0.3, 0.4) is 0 Å². The van der Waals surface area contributed by atoms with Gasteiger partial charge in [0.15, 0.2) is 0 Å². The van der Waals surface area contributed by atoms with Crippen molar-refractivity contribution < 1.29 is 0 Å². The quantitative estimate of drug-likeness (QED) is 0.931. The largest absolute Gasteiger partial charge is 0.369 e. The standard InChI is InChI=1S/C17H16N6/c18-8-13-3-4-16(21-10-13)23-7-5-14(12-23)11-22-17-15(9-19)2-1-6-20-17/h1-4,6,10,14H,5,7,11-12H2,(H,20,22)/t14-/m1/s1. The van der Waals surface area contributed by atoms with Gasteiger partial charge in [0.05, 0.1) is 11.1 Å². The Morgan fingerprint density at radius 3 is 2.87 bits per heavy atom. The van der Waals surface area contributed by atoms with E-state index < -0.39 is 0 Å². The van der Waals surface area contributed by atoms with Gasteiger partial charge in [0.1, 0.15) is 23.8 Å². The van der Waals surface area contributed by atoms with Crippen LogP contribution in [0.15, 0.2) is 36.7 Å². The fourth-order valence-electron chi connectivity index (χ4n) is 2.72. The van der Waals surface area contributed by atoms with Gasteiger partial charge in [-0.15, -0.1) is 0 Å². The molecule has 0 spiro atoms. The van der Waals surface area contributed by atoms with Crippen molar-refractivity contribution in [2.24, 2.45) is 5.92 Å². The Kier molecular flexibility index (Phi) is 4.35. The lowest BCUT2D eigenvalue weighted by atomic mass is 10.1. The van der Waals surface area contributed by atoms with Crippen molar-refractivity contribution in [2.75, 3.05) is 29.9 Å². The Hall–Kier alpha value is -3.12. The van der Waals surface area contributed by atoms with E-state index in [1.165, 1.54) is 0 Å². The summed E-state index contributed by atoms with van der Waals surface area (Å²) in [6, 6.07) is 11.4. The third-order valence-electron chi connectivity index (χ3n) is 3.97. The Morgan fingerprint density at radius 2 is 2.13 bits per heavy atom. The van der Waals surface area contributed by atoms with E-state index in [2.05, 4.69) is 32.3 Å². The summed E-state index contributed by atoms with van der Waals surface area (Å²) in [7, 11) is 0. The van der Waals surface area contributed by atoms with Crippen LogP contribution in [0.5, 0.6) is 0 Å². The molecule has 3 rings (SSSR count). The second-order valence-electron chi connectivity index (χ2n) is 5.51. The van der Waals surface area contributed by atoms with Gasteiger partial charge in [-0.1, -0.05) is 0 Å². The van der Waals surface area contributed by atoms with Gasteiger partial charge < -0.3 is 10.2 Å². The minimum atomic E-state index is 0.473. The first kappa shape index (κ1) is 14.8. The summed E-state index contributed by atoms with van der Waals surface area (Å²) in [5.74, 6) is 2.02. The molecule has 6 heteroatoms. The molecule has 1 atom stereocenters. The average molecular weight is 304 g/mol. The van der Waals surface area contributed by atoms with Crippen LogP contribution >= 0.6 is 0 Å². The van der Waals surface area contributed by atoms with Crippen LogP contribution in [-0.2, 0) is 0 Å². The molecule has 6 nitrogen and oxygen atoms in total. The molecule has 1 aliphatic heterocycles. The molecule has 3 heterocycles. The highest BCUT2D eigenvalue weighted by Gasteiger charge is 2.23. The van der Waals surface area contributed by atoms with Crippen LogP contribution in [0, 0.1) is 28.6 Å². The molecule has 1 saturated heterocycles. The zero-order valence-corrected chi connectivity index (χ0v) is 12.6. The Morgan fingerprint density at radius 1 is 1.22 bits per heavy atom. The highest BCUT2D eigenvalue weighted by Crippen LogP contribution is 2.22. The number of rotatable bonds is 4. The molecule has 2 aromatic rings. The second-order valence-corrected chi connectivity index (χ2v) is 5.51. The molecule has 23 heavy (non-hydrogen) atoms. The van der Waals surface area contributed by atoms with E-state index in [-0.39, 0.29) is 0 Å². The minimum absolute atomic E-state index is 0.473. The zero-order valence-electron chi connectivity index (χ0n) is 12.6. The van der Waals surface area contributed by atoms with E-state index in [1.54, 1.807) is 30.6 Å². The van der Waals surface area contributed by atoms with E-state index in [9.17, 15) is 0 Å². The summed E-state index contributed by atoms with van der Waals surface area (Å²) in [6.45, 7) is 2.62. The summed E-state index contributed by atoms with van der Waals surface area (Å²) in [5.41, 5.74) is 1.14. The predicted molar refractivity (Wildman–Crippen MR) is 86.7 cm³/mol. The molecule has 1 fully saturated rings. The van der Waals surface area contributed by atoms with Gasteiger partial charge in [-0.2, -0.15) is 10.5 Å². The van der Waals surface area contributed by atoms with Gasteiger partial charge in [-0.05, 0) is 36.6 Å². The number of nitrogens with one attached hydrogen (secondary N) is 1. The lowest BCUT2D eigenvalue weighted by Gasteiger charge is -2.17. The molecule has 0 bridgehead atoms. The van der Waals surface area contributed by atoms with Crippen LogP contribution in [0.2, 0.25) is 0 Å². The van der Waals surface area contributed by atoms with Crippen LogP contribution < -0.4 is 10.2 Å². The van der Waals surface area contributed by atoms with Gasteiger partial charge in [-0.3, -0.25) is 0 Å². The molecular weight excluding hydrogens is 288 g/mol. The van der Waals surface area contributed by atoms with Crippen LogP contribution in [0.4, 0.5) is 11.6 Å². The topological polar surface area (TPSA) is 88.6 Å². The fourth-order valence-corrected chi connectivity index (χ4v) is 2.72. The molecule has 2 aromatic heterocycles. The molecule has 0 amide bonds. The number of hydrogen-bond acceptors (Lipinski definition) is 6. The molecular formula is C17H16N6. The van der Waals surface area contributed by atoms with Crippen molar-refractivity contribution in [3.05, 3.63) is 47.8 Å². The van der Waals surface area contributed by atoms with Crippen molar-refractivity contribution >= 4 is 11.6 Å². The number of hydrogen-bond donors (Lipinski definition) is 1. The Labute approximate surface area is 135 Å². The Bertz CT molecular complexity index is 756. The van der Waals surface area contributed by atoms with Crippen molar-refractivity contribution in [2.45, 2.75) is 6.42 Å². The number of nitrogens with zero attached hydrogens (tertiary/aromatic N) is 5. The molecule has 114 valence electrons. The molecule has 0 aromatic carbocycles. The molecule has 1 aliphatic rings. The lowest BCUT2D eigenvalue weighted by Crippen LogP contribution is -2.23. The Balaban J connectivity index is 1.57. The maximum atomic E-state index is 9.07. The highest BCUT2D eigenvalue weighted by molar-refractivity contribution is 5.51. The summed E-state index contributed by atoms with van der Waals surface area (Å²) >= 11 is 0. The molecule has 1 N–H and O–H groups in total. The number of anilines is 2. The summed E-state index contributed by atoms with van der Waals surface area (Å²) in [4.78, 5) is 10.8. The SMILES string of the molecule is N#Cc1ccc(N2CC[C@H](CNc3ncccc3C#N)C2)nc1. The number of nitriles is 2. The zero-order chi connectivity index (χ0) is 16.1. The fraction of sp³-hybridized carbons (Fsp3) is 0.294. The minimum Gasteiger partial charge on any atom is -0.369 e. The maximum Gasteiger partial charge on any atom is 0.143 e. The second kappa shape index (κ2) is 6.76. The first-order valence-electron chi connectivity index (χ1n) is 7.50. The summed E-state index contributed by atoms with van der Waals surface area (Å²) in [6.07, 6.45) is 4.35. The number of aromatic nitrogens is 2. The predicted octanol–water partition coefficient (Wildman–Crippen LogP) is 2.16. The number of pyridine rings is 2. The van der Waals surface area contributed by atoms with Crippen molar-refractivity contribution in [1.29, 1.82) is 10.5 Å². The average Bonchev–Trinajstić information content (AvgIpc) is 3.09. The summed E-state index contributed by atoms with van der Waals surface area (Å²) in [5, 5.41) is 21.2. The lowest BCUT2D eigenvalue weighted by molar-refractivity contribution is 0.620.